The topological polar surface area (TPSA) is 114 Å². The van der Waals surface area contributed by atoms with Gasteiger partial charge in [0.15, 0.2) is 9.84 Å². The second-order valence-corrected chi connectivity index (χ2v) is 9.62. The number of hydrogen-bond donors (Lipinski definition) is 3. The van der Waals surface area contributed by atoms with Gasteiger partial charge in [-0.1, -0.05) is 11.6 Å². The van der Waals surface area contributed by atoms with Crippen LogP contribution in [-0.2, 0) is 22.8 Å². The van der Waals surface area contributed by atoms with Gasteiger partial charge in [-0.15, -0.1) is 0 Å². The molecule has 0 radical (unpaired) electrons. The lowest BCUT2D eigenvalue weighted by Gasteiger charge is -2.16. The molecule has 7 nitrogen and oxygen atoms in total. The van der Waals surface area contributed by atoms with Crippen LogP contribution in [0.15, 0.2) is 53.4 Å². The highest BCUT2D eigenvalue weighted by atomic mass is 35.5. The number of aliphatic hydroxyl groups excluding tert-OH is 1. The van der Waals surface area contributed by atoms with Gasteiger partial charge in [-0.05, 0) is 61.0 Å². The number of carbonyl (C=O) groups is 1. The Balaban J connectivity index is 1.99. The van der Waals surface area contributed by atoms with Crippen molar-refractivity contribution in [3.63, 3.8) is 0 Å². The number of sulfone groups is 1. The molecule has 31 heavy (non-hydrogen) atoms. The molecule has 0 fully saturated rings. The molecule has 3 aromatic rings. The van der Waals surface area contributed by atoms with E-state index in [4.69, 9.17) is 17.3 Å². The van der Waals surface area contributed by atoms with Gasteiger partial charge in [0.05, 0.1) is 16.1 Å². The van der Waals surface area contributed by atoms with E-state index in [2.05, 4.69) is 5.32 Å². The summed E-state index contributed by atoms with van der Waals surface area (Å²) in [7, 11) is -3.32. The van der Waals surface area contributed by atoms with E-state index in [1.165, 1.54) is 12.1 Å². The maximum absolute atomic E-state index is 13.0. The molecule has 0 saturated heterocycles. The van der Waals surface area contributed by atoms with Gasteiger partial charge in [0.2, 0.25) is 0 Å². The first kappa shape index (κ1) is 23.0. The average molecular weight is 462 g/mol. The summed E-state index contributed by atoms with van der Waals surface area (Å²) >= 11 is 6.10. The van der Waals surface area contributed by atoms with Crippen LogP contribution in [0.25, 0.3) is 5.69 Å². The van der Waals surface area contributed by atoms with Crippen LogP contribution in [0.2, 0.25) is 5.02 Å². The van der Waals surface area contributed by atoms with E-state index < -0.39 is 9.84 Å². The molecule has 0 bridgehead atoms. The Morgan fingerprint density at radius 1 is 1.16 bits per heavy atom. The fraction of sp³-hybridized carbons (Fsp3) is 0.227. The molecule has 0 atom stereocenters. The largest absolute Gasteiger partial charge is 0.396 e. The number of nitrogens with two attached hydrogens (primary N) is 1. The molecule has 164 valence electrons. The second-order valence-electron chi connectivity index (χ2n) is 7.17. The van der Waals surface area contributed by atoms with Crippen LogP contribution in [0, 0.1) is 6.92 Å². The van der Waals surface area contributed by atoms with Gasteiger partial charge in [-0.25, -0.2) is 8.42 Å². The van der Waals surface area contributed by atoms with Crippen LogP contribution in [-0.4, -0.2) is 36.9 Å². The summed E-state index contributed by atoms with van der Waals surface area (Å²) in [4.78, 5) is 13.2. The summed E-state index contributed by atoms with van der Waals surface area (Å²) in [6.45, 7) is 2.00. The molecular formula is C22H24ClN3O4S. The van der Waals surface area contributed by atoms with Crippen molar-refractivity contribution in [2.45, 2.75) is 24.8 Å². The Hall–Kier alpha value is -2.65. The van der Waals surface area contributed by atoms with Crippen molar-refractivity contribution >= 4 is 33.0 Å². The van der Waals surface area contributed by atoms with Crippen molar-refractivity contribution < 1.29 is 18.3 Å². The van der Waals surface area contributed by atoms with E-state index in [1.54, 1.807) is 30.3 Å². The summed E-state index contributed by atoms with van der Waals surface area (Å²) in [5.74, 6) is -0.342. The molecule has 2 aromatic carbocycles. The second kappa shape index (κ2) is 9.23. The highest BCUT2D eigenvalue weighted by Crippen LogP contribution is 2.27. The number of amides is 1. The average Bonchev–Trinajstić information content (AvgIpc) is 3.04. The zero-order valence-corrected chi connectivity index (χ0v) is 18.8. The fourth-order valence-corrected chi connectivity index (χ4v) is 4.28. The monoisotopic (exact) mass is 461 g/mol. The Labute approximate surface area is 186 Å². The van der Waals surface area contributed by atoms with Gasteiger partial charge in [0, 0.05) is 47.9 Å². The van der Waals surface area contributed by atoms with E-state index >= 15 is 0 Å². The lowest BCUT2D eigenvalue weighted by molar-refractivity contribution is 0.102. The lowest BCUT2D eigenvalue weighted by atomic mass is 10.1. The van der Waals surface area contributed by atoms with Crippen LogP contribution in [0.1, 0.15) is 27.3 Å². The van der Waals surface area contributed by atoms with Crippen molar-refractivity contribution in [2.75, 3.05) is 18.2 Å². The molecular weight excluding hydrogens is 438 g/mol. The molecule has 0 aliphatic heterocycles. The molecule has 0 spiro atoms. The SMILES string of the molecule is Cc1c(C(=O)Nc2ccc(S(C)(=O)=O)cc2)cc(CCO)n1-c1ccc(Cl)cc1CN. The number of nitrogens with one attached hydrogen (secondary N) is 1. The minimum atomic E-state index is -3.32. The van der Waals surface area contributed by atoms with Crippen molar-refractivity contribution in [3.05, 3.63) is 76.1 Å². The summed E-state index contributed by atoms with van der Waals surface area (Å²) in [6.07, 6.45) is 1.48. The van der Waals surface area contributed by atoms with E-state index in [9.17, 15) is 18.3 Å². The Morgan fingerprint density at radius 2 is 1.84 bits per heavy atom. The van der Waals surface area contributed by atoms with Gasteiger partial charge in [-0.3, -0.25) is 4.79 Å². The minimum absolute atomic E-state index is 0.0803. The van der Waals surface area contributed by atoms with Crippen molar-refractivity contribution in [3.8, 4) is 5.69 Å². The molecule has 4 N–H and O–H groups in total. The van der Waals surface area contributed by atoms with Crippen LogP contribution < -0.4 is 11.1 Å². The first-order chi connectivity index (χ1) is 14.7. The first-order valence-corrected chi connectivity index (χ1v) is 11.8. The summed E-state index contributed by atoms with van der Waals surface area (Å²) in [5.41, 5.74) is 9.87. The number of aromatic nitrogens is 1. The third-order valence-corrected chi connectivity index (χ3v) is 6.34. The number of hydrogen-bond acceptors (Lipinski definition) is 5. The third kappa shape index (κ3) is 4.99. The molecule has 1 heterocycles. The quantitative estimate of drug-likeness (QED) is 0.500. The number of carbonyl (C=O) groups excluding carboxylic acids is 1. The van der Waals surface area contributed by atoms with Gasteiger partial charge >= 0.3 is 0 Å². The Morgan fingerprint density at radius 3 is 2.42 bits per heavy atom. The van der Waals surface area contributed by atoms with E-state index in [0.717, 1.165) is 23.2 Å². The number of benzene rings is 2. The molecule has 1 aromatic heterocycles. The zero-order valence-electron chi connectivity index (χ0n) is 17.2. The number of aliphatic hydroxyl groups is 1. The maximum Gasteiger partial charge on any atom is 0.257 e. The van der Waals surface area contributed by atoms with Crippen LogP contribution >= 0.6 is 11.6 Å². The number of halogens is 1. The fourth-order valence-electron chi connectivity index (χ4n) is 3.45. The van der Waals surface area contributed by atoms with Crippen molar-refractivity contribution in [1.29, 1.82) is 0 Å². The summed E-state index contributed by atoms with van der Waals surface area (Å²) in [6, 6.07) is 13.1. The van der Waals surface area contributed by atoms with Crippen LogP contribution in [0.5, 0.6) is 0 Å². The highest BCUT2D eigenvalue weighted by Gasteiger charge is 2.20. The molecule has 3 rings (SSSR count). The highest BCUT2D eigenvalue weighted by molar-refractivity contribution is 7.90. The van der Waals surface area contributed by atoms with Gasteiger partial charge in [-0.2, -0.15) is 0 Å². The molecule has 1 amide bonds. The van der Waals surface area contributed by atoms with Gasteiger partial charge in [0.1, 0.15) is 0 Å². The standard InChI is InChI=1S/C22H24ClN3O4S/c1-14-20(22(28)25-17-4-6-19(7-5-17)31(2,29)30)12-18(9-10-27)26(14)21-8-3-16(23)11-15(21)13-24/h3-8,11-12,27H,9-10,13,24H2,1-2H3,(H,25,28). The van der Waals surface area contributed by atoms with Crippen LogP contribution in [0.3, 0.4) is 0 Å². The van der Waals surface area contributed by atoms with Crippen LogP contribution in [0.4, 0.5) is 5.69 Å². The number of anilines is 1. The predicted molar refractivity (Wildman–Crippen MR) is 122 cm³/mol. The normalized spacial score (nSPS) is 11.5. The number of nitrogens with zero attached hydrogens (tertiary/aromatic N) is 1. The Bertz CT molecular complexity index is 1220. The van der Waals surface area contributed by atoms with Gasteiger partial charge in [0.25, 0.3) is 5.91 Å². The molecule has 9 heteroatoms. The van der Waals surface area contributed by atoms with Crippen molar-refractivity contribution in [1.82, 2.24) is 4.57 Å². The Kier molecular flexibility index (Phi) is 6.86. The smallest absolute Gasteiger partial charge is 0.257 e. The predicted octanol–water partition coefficient (Wildman–Crippen LogP) is 3.09. The first-order valence-electron chi connectivity index (χ1n) is 9.58. The van der Waals surface area contributed by atoms with Crippen molar-refractivity contribution in [2.24, 2.45) is 5.73 Å². The molecule has 0 unspecified atom stereocenters. The van der Waals surface area contributed by atoms with E-state index in [-0.39, 0.29) is 24.0 Å². The zero-order chi connectivity index (χ0) is 22.8. The van der Waals surface area contributed by atoms with E-state index in [0.29, 0.717) is 28.4 Å². The minimum Gasteiger partial charge on any atom is -0.396 e. The molecule has 0 aliphatic rings. The van der Waals surface area contributed by atoms with Gasteiger partial charge < -0.3 is 20.7 Å². The summed E-state index contributed by atoms with van der Waals surface area (Å²) in [5, 5.41) is 12.9. The molecule has 0 aliphatic carbocycles. The summed E-state index contributed by atoms with van der Waals surface area (Å²) < 4.78 is 25.1. The number of rotatable bonds is 7. The molecule has 0 saturated carbocycles. The third-order valence-electron chi connectivity index (χ3n) is 4.98. The van der Waals surface area contributed by atoms with E-state index in [1.807, 2.05) is 17.6 Å². The lowest BCUT2D eigenvalue weighted by Crippen LogP contribution is -2.14. The maximum atomic E-state index is 13.0.